The van der Waals surface area contributed by atoms with Crippen molar-refractivity contribution in [1.29, 1.82) is 0 Å². The lowest BCUT2D eigenvalue weighted by Crippen LogP contribution is -2.19. The first-order valence-corrected chi connectivity index (χ1v) is 6.38. The van der Waals surface area contributed by atoms with Gasteiger partial charge in [0.2, 0.25) is 0 Å². The van der Waals surface area contributed by atoms with E-state index in [1.165, 1.54) is 6.20 Å². The van der Waals surface area contributed by atoms with Crippen LogP contribution in [-0.2, 0) is 0 Å². The van der Waals surface area contributed by atoms with Crippen LogP contribution >= 0.6 is 0 Å². The molecule has 0 aromatic rings. The maximum absolute atomic E-state index is 10.3. The maximum Gasteiger partial charge on any atom is 0.0361 e. The Morgan fingerprint density at radius 1 is 1.47 bits per heavy atom. The van der Waals surface area contributed by atoms with E-state index >= 15 is 0 Å². The Morgan fingerprint density at radius 3 is 2.63 bits per heavy atom. The fourth-order valence-corrected chi connectivity index (χ4v) is 1.37. The normalized spacial score (nSPS) is 15.2. The van der Waals surface area contributed by atoms with Gasteiger partial charge in [0, 0.05) is 18.8 Å². The summed E-state index contributed by atoms with van der Waals surface area (Å²) in [6.45, 7) is 10.4. The number of rotatable bonds is 8. The van der Waals surface area contributed by atoms with Crippen LogP contribution in [0.1, 0.15) is 27.2 Å². The summed E-state index contributed by atoms with van der Waals surface area (Å²) in [5.74, 6) is 0. The van der Waals surface area contributed by atoms with E-state index in [2.05, 4.69) is 11.6 Å². The highest BCUT2D eigenvalue weighted by Crippen LogP contribution is 2.13. The first-order valence-electron chi connectivity index (χ1n) is 6.38. The number of aliphatic imine (C=N–C) groups is 1. The van der Waals surface area contributed by atoms with Crippen LogP contribution in [-0.4, -0.2) is 18.8 Å². The highest BCUT2D eigenvalue weighted by Gasteiger charge is 2.03. The number of nitrogens with two attached hydrogens (primary N) is 1. The number of hydrogen-bond acceptors (Lipinski definition) is 4. The molecule has 0 aliphatic rings. The van der Waals surface area contributed by atoms with Gasteiger partial charge in [0.25, 0.3) is 0 Å². The fraction of sp³-hybridized carbons (Fsp3) is 0.400. The first kappa shape index (κ1) is 17.4. The molecular formula is C15H24N3O-. The van der Waals surface area contributed by atoms with Crippen LogP contribution in [0.2, 0.25) is 0 Å². The Kier molecular flexibility index (Phi) is 9.40. The van der Waals surface area contributed by atoms with E-state index in [4.69, 9.17) is 5.73 Å². The summed E-state index contributed by atoms with van der Waals surface area (Å²) in [6, 6.07) is -0.0789. The first-order chi connectivity index (χ1) is 9.06. The molecule has 0 radical (unpaired) electrons. The molecule has 4 heteroatoms. The average Bonchev–Trinajstić information content (AvgIpc) is 2.40. The van der Waals surface area contributed by atoms with E-state index in [0.29, 0.717) is 6.42 Å². The van der Waals surface area contributed by atoms with Crippen LogP contribution in [0, 0.1) is 5.21 Å². The number of allylic oxidation sites excluding steroid dienone is 4. The van der Waals surface area contributed by atoms with Crippen LogP contribution < -0.4 is 11.2 Å². The van der Waals surface area contributed by atoms with E-state index in [9.17, 15) is 5.21 Å². The van der Waals surface area contributed by atoms with E-state index in [-0.39, 0.29) is 6.04 Å². The molecule has 4 nitrogen and oxygen atoms in total. The number of nitrogens with one attached hydrogen (secondary N) is 1. The van der Waals surface area contributed by atoms with Crippen molar-refractivity contribution in [3.8, 4) is 0 Å². The zero-order chi connectivity index (χ0) is 14.7. The molecule has 0 heterocycles. The molecular weight excluding hydrogens is 238 g/mol. The van der Waals surface area contributed by atoms with Gasteiger partial charge in [-0.2, -0.15) is 0 Å². The van der Waals surface area contributed by atoms with Crippen molar-refractivity contribution < 1.29 is 0 Å². The summed E-state index contributed by atoms with van der Waals surface area (Å²) in [7, 11) is 0. The van der Waals surface area contributed by atoms with Crippen molar-refractivity contribution in [2.24, 2.45) is 10.7 Å². The quantitative estimate of drug-likeness (QED) is 0.306. The molecule has 0 spiro atoms. The molecule has 0 aliphatic heterocycles. The Balaban J connectivity index is 5.08. The third-order valence-electron chi connectivity index (χ3n) is 2.61. The molecule has 0 saturated heterocycles. The molecule has 0 aromatic heterocycles. The van der Waals surface area contributed by atoms with Gasteiger partial charge in [-0.3, -0.25) is 4.99 Å². The smallest absolute Gasteiger partial charge is 0.0361 e. The van der Waals surface area contributed by atoms with Gasteiger partial charge in [-0.25, -0.2) is 0 Å². The summed E-state index contributed by atoms with van der Waals surface area (Å²) in [5, 5.41) is 10.3. The summed E-state index contributed by atoms with van der Waals surface area (Å²) in [5.41, 5.74) is 10.5. The van der Waals surface area contributed by atoms with Crippen molar-refractivity contribution in [3.63, 3.8) is 0 Å². The number of nitrogens with zero attached hydrogens (tertiary/aromatic N) is 1. The third-order valence-corrected chi connectivity index (χ3v) is 2.61. The van der Waals surface area contributed by atoms with Gasteiger partial charge in [-0.05, 0) is 50.6 Å². The summed E-state index contributed by atoms with van der Waals surface area (Å²) in [4.78, 5) is 4.22. The molecule has 19 heavy (non-hydrogen) atoms. The van der Waals surface area contributed by atoms with Gasteiger partial charge in [-0.15, -0.1) is 0 Å². The monoisotopic (exact) mass is 262 g/mol. The molecule has 106 valence electrons. The van der Waals surface area contributed by atoms with E-state index in [1.54, 1.807) is 17.8 Å². The average molecular weight is 262 g/mol. The maximum atomic E-state index is 10.3. The second-order valence-electron chi connectivity index (χ2n) is 4.17. The Bertz CT molecular complexity index is 392. The number of hydrogen-bond donors (Lipinski definition) is 2. The summed E-state index contributed by atoms with van der Waals surface area (Å²) < 4.78 is 0. The van der Waals surface area contributed by atoms with Gasteiger partial charge in [-0.1, -0.05) is 24.3 Å². The molecule has 0 rings (SSSR count). The largest absolute Gasteiger partial charge is 0.761 e. The molecule has 0 bridgehead atoms. The lowest BCUT2D eigenvalue weighted by atomic mass is 10.0. The van der Waals surface area contributed by atoms with Crippen molar-refractivity contribution in [2.45, 2.75) is 33.2 Å². The van der Waals surface area contributed by atoms with Gasteiger partial charge >= 0.3 is 0 Å². The van der Waals surface area contributed by atoms with Crippen LogP contribution in [0.15, 0.2) is 52.7 Å². The van der Waals surface area contributed by atoms with E-state index in [0.717, 1.165) is 23.3 Å². The highest BCUT2D eigenvalue weighted by molar-refractivity contribution is 5.85. The zero-order valence-corrected chi connectivity index (χ0v) is 12.0. The zero-order valence-electron chi connectivity index (χ0n) is 12.0. The van der Waals surface area contributed by atoms with Gasteiger partial charge in [0.05, 0.1) is 0 Å². The van der Waals surface area contributed by atoms with Crippen LogP contribution in [0.3, 0.4) is 0 Å². The number of hydroxylamine groups is 1. The fourth-order valence-electron chi connectivity index (χ4n) is 1.37. The van der Waals surface area contributed by atoms with Gasteiger partial charge in [0.15, 0.2) is 0 Å². The lowest BCUT2D eigenvalue weighted by Gasteiger charge is -2.10. The molecule has 0 aliphatic carbocycles. The predicted molar refractivity (Wildman–Crippen MR) is 83.9 cm³/mol. The summed E-state index contributed by atoms with van der Waals surface area (Å²) >= 11 is 0. The summed E-state index contributed by atoms with van der Waals surface area (Å²) in [6.07, 6.45) is 9.48. The second-order valence-corrected chi connectivity index (χ2v) is 4.17. The molecule has 0 aromatic carbocycles. The topological polar surface area (TPSA) is 73.5 Å². The van der Waals surface area contributed by atoms with Crippen molar-refractivity contribution >= 4 is 6.21 Å². The molecule has 0 fully saturated rings. The SMILES string of the molecule is C=C(C)C(N)C/C=C(\C=C/N[O-])C(/C=NCC)=C/C. The third kappa shape index (κ3) is 7.39. The minimum absolute atomic E-state index is 0.0789. The van der Waals surface area contributed by atoms with Crippen LogP contribution in [0.25, 0.3) is 0 Å². The van der Waals surface area contributed by atoms with Crippen LogP contribution in [0.5, 0.6) is 0 Å². The predicted octanol–water partition coefficient (Wildman–Crippen LogP) is 2.84. The molecule has 1 atom stereocenters. The molecule has 0 saturated carbocycles. The lowest BCUT2D eigenvalue weighted by molar-refractivity contribution is 0.785. The van der Waals surface area contributed by atoms with E-state index < -0.39 is 0 Å². The van der Waals surface area contributed by atoms with Crippen molar-refractivity contribution in [3.05, 3.63) is 52.9 Å². The minimum Gasteiger partial charge on any atom is -0.761 e. The standard InChI is InChI=1S/C15H24N3O/c1-5-13(11-17-6-2)14(9-10-18-19)7-8-15(16)12(3)4/h5,7,9-11,15,18H,3,6,8,16H2,1-2,4H3/q-1/b10-9-,13-5+,14-7+,17-11?. The molecule has 3 N–H and O–H groups in total. The van der Waals surface area contributed by atoms with Crippen LogP contribution in [0.4, 0.5) is 0 Å². The van der Waals surface area contributed by atoms with Gasteiger partial charge in [0.1, 0.15) is 0 Å². The highest BCUT2D eigenvalue weighted by atomic mass is 16.5. The second kappa shape index (κ2) is 10.3. The van der Waals surface area contributed by atoms with Crippen molar-refractivity contribution in [1.82, 2.24) is 5.48 Å². The van der Waals surface area contributed by atoms with Gasteiger partial charge < -0.3 is 16.4 Å². The Morgan fingerprint density at radius 2 is 2.16 bits per heavy atom. The molecule has 0 amide bonds. The van der Waals surface area contributed by atoms with E-state index in [1.807, 2.05) is 32.9 Å². The molecule has 1 unspecified atom stereocenters. The Hall–Kier alpha value is -1.65. The Labute approximate surface area is 116 Å². The minimum atomic E-state index is -0.0789. The van der Waals surface area contributed by atoms with Crippen molar-refractivity contribution in [2.75, 3.05) is 6.54 Å².